The number of nitrogens with one attached hydrogen (secondary N) is 1. The fourth-order valence-electron chi connectivity index (χ4n) is 3.80. The molecule has 3 nitrogen and oxygen atoms in total. The number of rotatable bonds is 7. The predicted octanol–water partition coefficient (Wildman–Crippen LogP) is 3.02. The summed E-state index contributed by atoms with van der Waals surface area (Å²) in [6.45, 7) is 9.03. The molecule has 0 amide bonds. The van der Waals surface area contributed by atoms with Crippen molar-refractivity contribution in [2.45, 2.75) is 45.1 Å². The minimum absolute atomic E-state index is 0.467. The van der Waals surface area contributed by atoms with Crippen LogP contribution in [0.25, 0.3) is 0 Å². The van der Waals surface area contributed by atoms with Crippen LogP contribution in [0.5, 0.6) is 0 Å². The topological polar surface area (TPSA) is 24.5 Å². The predicted molar refractivity (Wildman–Crippen MR) is 95.9 cm³/mol. The number of hydrogen-bond donors (Lipinski definition) is 1. The third-order valence-electron chi connectivity index (χ3n) is 5.30. The van der Waals surface area contributed by atoms with Crippen molar-refractivity contribution in [3.8, 4) is 0 Å². The van der Waals surface area contributed by atoms with Gasteiger partial charge in [-0.05, 0) is 63.6 Å². The molecule has 1 unspecified atom stereocenters. The Morgan fingerprint density at radius 2 is 1.87 bits per heavy atom. The zero-order valence-electron chi connectivity index (χ0n) is 14.6. The van der Waals surface area contributed by atoms with Gasteiger partial charge in [-0.25, -0.2) is 0 Å². The van der Waals surface area contributed by atoms with Crippen LogP contribution in [0.15, 0.2) is 24.3 Å². The Kier molecular flexibility index (Phi) is 6.49. The molecule has 0 aliphatic carbocycles. The number of aryl methyl sites for hydroxylation is 1. The van der Waals surface area contributed by atoms with E-state index in [1.54, 1.807) is 0 Å². The molecule has 2 aliphatic rings. The average molecular weight is 316 g/mol. The molecular formula is C20H32N2O. The Morgan fingerprint density at radius 3 is 2.57 bits per heavy atom. The van der Waals surface area contributed by atoms with Crippen LogP contribution in [0.4, 0.5) is 0 Å². The van der Waals surface area contributed by atoms with E-state index in [2.05, 4.69) is 41.4 Å². The molecular weight excluding hydrogens is 284 g/mol. The molecule has 0 spiro atoms. The third-order valence-corrected chi connectivity index (χ3v) is 5.30. The monoisotopic (exact) mass is 316 g/mol. The van der Waals surface area contributed by atoms with E-state index in [9.17, 15) is 0 Å². The lowest BCUT2D eigenvalue weighted by Gasteiger charge is -2.31. The lowest BCUT2D eigenvalue weighted by Crippen LogP contribution is -2.40. The van der Waals surface area contributed by atoms with Gasteiger partial charge in [-0.2, -0.15) is 0 Å². The summed E-state index contributed by atoms with van der Waals surface area (Å²) in [6, 6.07) is 9.02. The van der Waals surface area contributed by atoms with Gasteiger partial charge >= 0.3 is 0 Å². The molecule has 0 saturated carbocycles. The van der Waals surface area contributed by atoms with Gasteiger partial charge in [0.25, 0.3) is 0 Å². The molecule has 1 aromatic rings. The van der Waals surface area contributed by atoms with Crippen molar-refractivity contribution >= 4 is 0 Å². The van der Waals surface area contributed by atoms with Gasteiger partial charge in [-0.1, -0.05) is 29.8 Å². The highest BCUT2D eigenvalue weighted by Gasteiger charge is 2.22. The molecule has 2 fully saturated rings. The summed E-state index contributed by atoms with van der Waals surface area (Å²) in [5.74, 6) is 0.857. The highest BCUT2D eigenvalue weighted by atomic mass is 16.5. The summed E-state index contributed by atoms with van der Waals surface area (Å²) < 4.78 is 5.89. The van der Waals surface area contributed by atoms with E-state index < -0.39 is 0 Å². The lowest BCUT2D eigenvalue weighted by atomic mass is 9.97. The second kappa shape index (κ2) is 8.81. The van der Waals surface area contributed by atoms with E-state index >= 15 is 0 Å². The molecule has 128 valence electrons. The maximum Gasteiger partial charge on any atom is 0.0702 e. The largest absolute Gasteiger partial charge is 0.377 e. The first-order chi connectivity index (χ1) is 11.3. The second-order valence-electron chi connectivity index (χ2n) is 7.32. The van der Waals surface area contributed by atoms with Crippen molar-refractivity contribution in [1.82, 2.24) is 10.2 Å². The second-order valence-corrected chi connectivity index (χ2v) is 7.32. The van der Waals surface area contributed by atoms with E-state index in [1.807, 2.05) is 0 Å². The van der Waals surface area contributed by atoms with Crippen LogP contribution in [-0.4, -0.2) is 50.3 Å². The van der Waals surface area contributed by atoms with Crippen molar-refractivity contribution in [3.63, 3.8) is 0 Å². The van der Waals surface area contributed by atoms with E-state index in [0.717, 1.165) is 32.0 Å². The quantitative estimate of drug-likeness (QED) is 0.837. The Labute approximate surface area is 141 Å². The lowest BCUT2D eigenvalue weighted by molar-refractivity contribution is 0.0656. The minimum Gasteiger partial charge on any atom is -0.377 e. The molecule has 1 atom stereocenters. The zero-order valence-corrected chi connectivity index (χ0v) is 14.6. The Bertz CT molecular complexity index is 447. The molecule has 1 N–H and O–H groups in total. The first-order valence-corrected chi connectivity index (χ1v) is 9.40. The first-order valence-electron chi connectivity index (χ1n) is 9.40. The van der Waals surface area contributed by atoms with E-state index in [1.165, 1.54) is 56.4 Å². The van der Waals surface area contributed by atoms with Crippen molar-refractivity contribution in [2.75, 3.05) is 39.3 Å². The SMILES string of the molecule is Cc1ccc(CCN(CC2CCNCC2)CC2CCCO2)cc1. The van der Waals surface area contributed by atoms with Crippen LogP contribution in [0, 0.1) is 12.8 Å². The van der Waals surface area contributed by atoms with Gasteiger partial charge in [-0.15, -0.1) is 0 Å². The molecule has 3 heteroatoms. The van der Waals surface area contributed by atoms with Gasteiger partial charge in [-0.3, -0.25) is 0 Å². The van der Waals surface area contributed by atoms with Crippen molar-refractivity contribution in [2.24, 2.45) is 5.92 Å². The number of benzene rings is 1. The molecule has 23 heavy (non-hydrogen) atoms. The van der Waals surface area contributed by atoms with Gasteiger partial charge in [0.1, 0.15) is 0 Å². The van der Waals surface area contributed by atoms with Gasteiger partial charge in [0.15, 0.2) is 0 Å². The molecule has 2 saturated heterocycles. The molecule has 0 bridgehead atoms. The maximum absolute atomic E-state index is 5.89. The van der Waals surface area contributed by atoms with Crippen molar-refractivity contribution < 1.29 is 4.74 Å². The Hall–Kier alpha value is -0.900. The van der Waals surface area contributed by atoms with Crippen LogP contribution < -0.4 is 5.32 Å². The summed E-state index contributed by atoms with van der Waals surface area (Å²) in [7, 11) is 0. The van der Waals surface area contributed by atoms with Gasteiger partial charge in [0.2, 0.25) is 0 Å². The van der Waals surface area contributed by atoms with Crippen LogP contribution in [0.3, 0.4) is 0 Å². The van der Waals surface area contributed by atoms with E-state index in [-0.39, 0.29) is 0 Å². The van der Waals surface area contributed by atoms with Crippen LogP contribution in [-0.2, 0) is 11.2 Å². The molecule has 2 heterocycles. The average Bonchev–Trinajstić information content (AvgIpc) is 3.08. The minimum atomic E-state index is 0.467. The van der Waals surface area contributed by atoms with E-state index in [0.29, 0.717) is 6.10 Å². The van der Waals surface area contributed by atoms with Gasteiger partial charge in [0.05, 0.1) is 6.10 Å². The van der Waals surface area contributed by atoms with Gasteiger partial charge in [0, 0.05) is 26.2 Å². The number of piperidine rings is 1. The third kappa shape index (κ3) is 5.59. The fraction of sp³-hybridized carbons (Fsp3) is 0.700. The normalized spacial score (nSPS) is 22.8. The first kappa shape index (κ1) is 16.9. The number of hydrogen-bond acceptors (Lipinski definition) is 3. The summed E-state index contributed by atoms with van der Waals surface area (Å²) in [4.78, 5) is 2.67. The zero-order chi connectivity index (χ0) is 15.9. The van der Waals surface area contributed by atoms with Gasteiger partial charge < -0.3 is 15.0 Å². The van der Waals surface area contributed by atoms with Crippen LogP contribution >= 0.6 is 0 Å². The maximum atomic E-state index is 5.89. The molecule has 0 aromatic heterocycles. The van der Waals surface area contributed by atoms with Crippen molar-refractivity contribution in [1.29, 1.82) is 0 Å². The summed E-state index contributed by atoms with van der Waals surface area (Å²) >= 11 is 0. The van der Waals surface area contributed by atoms with Crippen LogP contribution in [0.1, 0.15) is 36.8 Å². The fourth-order valence-corrected chi connectivity index (χ4v) is 3.80. The Morgan fingerprint density at radius 1 is 1.09 bits per heavy atom. The summed E-state index contributed by atoms with van der Waals surface area (Å²) in [6.07, 6.45) is 6.75. The molecule has 2 aliphatic heterocycles. The highest BCUT2D eigenvalue weighted by molar-refractivity contribution is 5.21. The number of ether oxygens (including phenoxy) is 1. The summed E-state index contributed by atoms with van der Waals surface area (Å²) in [5.41, 5.74) is 2.80. The van der Waals surface area contributed by atoms with Crippen molar-refractivity contribution in [3.05, 3.63) is 35.4 Å². The molecule has 3 rings (SSSR count). The van der Waals surface area contributed by atoms with Crippen LogP contribution in [0.2, 0.25) is 0 Å². The summed E-state index contributed by atoms with van der Waals surface area (Å²) in [5, 5.41) is 3.48. The molecule has 0 radical (unpaired) electrons. The van der Waals surface area contributed by atoms with E-state index in [4.69, 9.17) is 4.74 Å². The molecule has 1 aromatic carbocycles. The Balaban J connectivity index is 1.53. The smallest absolute Gasteiger partial charge is 0.0702 e. The standard InChI is InChI=1S/C20H32N2O/c1-17-4-6-18(7-5-17)10-13-22(16-20-3-2-14-23-20)15-19-8-11-21-12-9-19/h4-7,19-21H,2-3,8-16H2,1H3. The number of nitrogens with zero attached hydrogens (tertiary/aromatic N) is 1. The highest BCUT2D eigenvalue weighted by Crippen LogP contribution is 2.18.